The van der Waals surface area contributed by atoms with Crippen molar-refractivity contribution in [3.8, 4) is 5.75 Å². The molecule has 0 saturated carbocycles. The van der Waals surface area contributed by atoms with E-state index in [0.29, 0.717) is 25.5 Å². The third-order valence-corrected chi connectivity index (χ3v) is 4.96. The molecule has 1 atom stereocenters. The van der Waals surface area contributed by atoms with Crippen molar-refractivity contribution in [2.75, 3.05) is 53.6 Å². The topological polar surface area (TPSA) is 77.1 Å². The van der Waals surface area contributed by atoms with Crippen LogP contribution < -0.4 is 10.1 Å². The first-order chi connectivity index (χ1) is 13.6. The Kier molecular flexibility index (Phi) is 6.84. The lowest BCUT2D eigenvalue weighted by Crippen LogP contribution is -2.44. The third kappa shape index (κ3) is 4.79. The summed E-state index contributed by atoms with van der Waals surface area (Å²) in [6.45, 7) is 3.20. The summed E-state index contributed by atoms with van der Waals surface area (Å²) in [6.07, 6.45) is 0. The molecule has 0 spiro atoms. The predicted molar refractivity (Wildman–Crippen MR) is 106 cm³/mol. The Bertz CT molecular complexity index is 833. The highest BCUT2D eigenvalue weighted by Crippen LogP contribution is 2.29. The van der Waals surface area contributed by atoms with Gasteiger partial charge in [-0.3, -0.25) is 14.5 Å². The van der Waals surface area contributed by atoms with Crippen LogP contribution in [0.4, 0.5) is 0 Å². The second-order valence-corrected chi connectivity index (χ2v) is 6.70. The van der Waals surface area contributed by atoms with Gasteiger partial charge in [0.25, 0.3) is 0 Å². The normalized spacial score (nSPS) is 15.8. The first kappa shape index (κ1) is 20.1. The summed E-state index contributed by atoms with van der Waals surface area (Å²) in [5.41, 5.74) is 0.801. The number of fused-ring (bicyclic) bond motifs is 1. The van der Waals surface area contributed by atoms with Crippen molar-refractivity contribution >= 4 is 22.6 Å². The molecular formula is C21H26N2O5. The van der Waals surface area contributed by atoms with Crippen LogP contribution in [-0.4, -0.2) is 70.4 Å². The van der Waals surface area contributed by atoms with E-state index >= 15 is 0 Å². The van der Waals surface area contributed by atoms with E-state index in [1.165, 1.54) is 7.11 Å². The van der Waals surface area contributed by atoms with E-state index < -0.39 is 5.92 Å². The van der Waals surface area contributed by atoms with Gasteiger partial charge in [0.05, 0.1) is 39.9 Å². The van der Waals surface area contributed by atoms with Gasteiger partial charge in [0.2, 0.25) is 5.91 Å². The number of hydrogen-bond donors (Lipinski definition) is 1. The second-order valence-electron chi connectivity index (χ2n) is 6.70. The number of esters is 1. The summed E-state index contributed by atoms with van der Waals surface area (Å²) in [4.78, 5) is 26.9. The summed E-state index contributed by atoms with van der Waals surface area (Å²) in [6, 6.07) is 11.5. The van der Waals surface area contributed by atoms with Crippen molar-refractivity contribution in [1.82, 2.24) is 10.2 Å². The number of nitrogens with zero attached hydrogens (tertiary/aromatic N) is 1. The van der Waals surface area contributed by atoms with Crippen LogP contribution >= 0.6 is 0 Å². The molecule has 7 nitrogen and oxygen atoms in total. The molecule has 1 aliphatic rings. The van der Waals surface area contributed by atoms with Crippen molar-refractivity contribution in [1.29, 1.82) is 0 Å². The summed E-state index contributed by atoms with van der Waals surface area (Å²) < 4.78 is 15.6. The molecule has 0 aliphatic carbocycles. The molecule has 1 aliphatic heterocycles. The van der Waals surface area contributed by atoms with Gasteiger partial charge in [0, 0.05) is 19.6 Å². The molecule has 1 fully saturated rings. The van der Waals surface area contributed by atoms with E-state index in [4.69, 9.17) is 14.2 Å². The Labute approximate surface area is 164 Å². The fourth-order valence-corrected chi connectivity index (χ4v) is 3.40. The Morgan fingerprint density at radius 3 is 2.68 bits per heavy atom. The predicted octanol–water partition coefficient (Wildman–Crippen LogP) is 1.55. The average molecular weight is 386 g/mol. The van der Waals surface area contributed by atoms with Gasteiger partial charge in [0.15, 0.2) is 0 Å². The number of rotatable bonds is 7. The summed E-state index contributed by atoms with van der Waals surface area (Å²) >= 11 is 0. The highest BCUT2D eigenvalue weighted by molar-refractivity contribution is 5.92. The molecule has 1 N–H and O–H groups in total. The molecule has 3 rings (SSSR count). The molecule has 150 valence electrons. The van der Waals surface area contributed by atoms with Gasteiger partial charge in [-0.1, -0.05) is 24.3 Å². The standard InChI is InChI=1S/C21H26N2O5/c1-26-16-7-6-15-4-3-5-17(18(15)12-16)19(21(25)27-2)13-22-20(24)14-23-8-10-28-11-9-23/h3-7,12,19H,8-11,13-14H2,1-2H3,(H,22,24). The van der Waals surface area contributed by atoms with Crippen LogP contribution in [0, 0.1) is 0 Å². The van der Waals surface area contributed by atoms with Gasteiger partial charge in [-0.25, -0.2) is 0 Å². The van der Waals surface area contributed by atoms with Crippen LogP contribution in [-0.2, 0) is 19.1 Å². The van der Waals surface area contributed by atoms with Crippen molar-refractivity contribution in [3.63, 3.8) is 0 Å². The fraction of sp³-hybridized carbons (Fsp3) is 0.429. The van der Waals surface area contributed by atoms with Crippen molar-refractivity contribution < 1.29 is 23.8 Å². The van der Waals surface area contributed by atoms with Gasteiger partial charge < -0.3 is 19.5 Å². The highest BCUT2D eigenvalue weighted by atomic mass is 16.5. The minimum absolute atomic E-state index is 0.117. The van der Waals surface area contributed by atoms with Gasteiger partial charge >= 0.3 is 5.97 Å². The van der Waals surface area contributed by atoms with Crippen LogP contribution in [0.25, 0.3) is 10.8 Å². The monoisotopic (exact) mass is 386 g/mol. The maximum Gasteiger partial charge on any atom is 0.314 e. The third-order valence-electron chi connectivity index (χ3n) is 4.96. The molecule has 0 radical (unpaired) electrons. The second kappa shape index (κ2) is 9.52. The largest absolute Gasteiger partial charge is 0.497 e. The summed E-state index contributed by atoms with van der Waals surface area (Å²) in [5.74, 6) is -0.398. The van der Waals surface area contributed by atoms with Crippen LogP contribution in [0.15, 0.2) is 36.4 Å². The van der Waals surface area contributed by atoms with E-state index in [-0.39, 0.29) is 18.4 Å². The molecule has 0 bridgehead atoms. The lowest BCUT2D eigenvalue weighted by atomic mass is 9.93. The first-order valence-electron chi connectivity index (χ1n) is 9.33. The van der Waals surface area contributed by atoms with E-state index in [1.807, 2.05) is 41.3 Å². The Morgan fingerprint density at radius 2 is 1.96 bits per heavy atom. The molecule has 2 aromatic rings. The average Bonchev–Trinajstić information content (AvgIpc) is 2.74. The zero-order valence-corrected chi connectivity index (χ0v) is 16.3. The number of methoxy groups -OCH3 is 2. The van der Waals surface area contributed by atoms with Crippen LogP contribution in [0.3, 0.4) is 0 Å². The minimum Gasteiger partial charge on any atom is -0.497 e. The van der Waals surface area contributed by atoms with Gasteiger partial charge in [-0.15, -0.1) is 0 Å². The number of nitrogens with one attached hydrogen (secondary N) is 1. The molecule has 7 heteroatoms. The maximum absolute atomic E-state index is 12.5. The summed E-state index contributed by atoms with van der Waals surface area (Å²) in [5, 5.41) is 4.78. The lowest BCUT2D eigenvalue weighted by Gasteiger charge is -2.26. The molecular weight excluding hydrogens is 360 g/mol. The lowest BCUT2D eigenvalue weighted by molar-refractivity contribution is -0.142. The van der Waals surface area contributed by atoms with Crippen molar-refractivity contribution in [3.05, 3.63) is 42.0 Å². The first-order valence-corrected chi connectivity index (χ1v) is 9.33. The van der Waals surface area contributed by atoms with Crippen molar-refractivity contribution in [2.45, 2.75) is 5.92 Å². The van der Waals surface area contributed by atoms with Gasteiger partial charge in [-0.2, -0.15) is 0 Å². The van der Waals surface area contributed by atoms with Crippen molar-refractivity contribution in [2.24, 2.45) is 0 Å². The highest BCUT2D eigenvalue weighted by Gasteiger charge is 2.25. The zero-order chi connectivity index (χ0) is 19.9. The number of benzene rings is 2. The zero-order valence-electron chi connectivity index (χ0n) is 16.3. The number of morpholine rings is 1. The molecule has 28 heavy (non-hydrogen) atoms. The van der Waals surface area contributed by atoms with E-state index in [2.05, 4.69) is 5.32 Å². The Morgan fingerprint density at radius 1 is 1.18 bits per heavy atom. The maximum atomic E-state index is 12.5. The smallest absolute Gasteiger partial charge is 0.314 e. The Hall–Kier alpha value is -2.64. The molecule has 2 aromatic carbocycles. The van der Waals surface area contributed by atoms with E-state index in [1.54, 1.807) is 7.11 Å². The molecule has 1 unspecified atom stereocenters. The van der Waals surface area contributed by atoms with E-state index in [9.17, 15) is 9.59 Å². The van der Waals surface area contributed by atoms with Gasteiger partial charge in [0.1, 0.15) is 5.75 Å². The Balaban J connectivity index is 1.78. The number of carbonyl (C=O) groups is 2. The molecule has 0 aromatic heterocycles. The number of carbonyl (C=O) groups excluding carboxylic acids is 2. The van der Waals surface area contributed by atoms with Crippen LogP contribution in [0.1, 0.15) is 11.5 Å². The molecule has 1 heterocycles. The minimum atomic E-state index is -0.602. The number of amides is 1. The number of hydrogen-bond acceptors (Lipinski definition) is 6. The quantitative estimate of drug-likeness (QED) is 0.728. The van der Waals surface area contributed by atoms with Crippen LogP contribution in [0.5, 0.6) is 5.75 Å². The molecule has 1 amide bonds. The fourth-order valence-electron chi connectivity index (χ4n) is 3.40. The van der Waals surface area contributed by atoms with Gasteiger partial charge in [-0.05, 0) is 28.5 Å². The SMILES string of the molecule is COC(=O)C(CNC(=O)CN1CCOCC1)c1cccc2ccc(OC)cc12. The number of ether oxygens (including phenoxy) is 3. The van der Waals surface area contributed by atoms with E-state index in [0.717, 1.165) is 29.4 Å². The molecule has 1 saturated heterocycles. The van der Waals surface area contributed by atoms with Crippen LogP contribution in [0.2, 0.25) is 0 Å². The summed E-state index contributed by atoms with van der Waals surface area (Å²) in [7, 11) is 2.96.